The molecule has 0 spiro atoms. The third-order valence-electron chi connectivity index (χ3n) is 5.38. The highest BCUT2D eigenvalue weighted by Crippen LogP contribution is 2.39. The largest absolute Gasteiger partial charge is 0.472 e. The van der Waals surface area contributed by atoms with Gasteiger partial charge in [-0.25, -0.2) is 9.97 Å². The molecule has 0 saturated heterocycles. The van der Waals surface area contributed by atoms with Crippen LogP contribution in [-0.2, 0) is 19.7 Å². The van der Waals surface area contributed by atoms with Crippen molar-refractivity contribution in [2.75, 3.05) is 0 Å². The van der Waals surface area contributed by atoms with Crippen molar-refractivity contribution < 1.29 is 9.47 Å². The Morgan fingerprint density at radius 2 is 1.90 bits per heavy atom. The molecule has 0 radical (unpaired) electrons. The lowest BCUT2D eigenvalue weighted by molar-refractivity contribution is 0.229. The number of imidazole rings is 2. The molecule has 0 amide bonds. The van der Waals surface area contributed by atoms with Crippen LogP contribution in [0.5, 0.6) is 17.2 Å². The zero-order valence-electron chi connectivity index (χ0n) is 15.4. The van der Waals surface area contributed by atoms with Crippen LogP contribution in [0.15, 0.2) is 55.0 Å². The standard InChI is InChI=1S/C22H15N5O2/c1-23-20-12-25-22-17-10-15(3-2-14(17)6-8-27(20)22)29-16-4-5-19-18(11-16)21-24-7-9-26(21)13-28-19/h2-5,7,9-12H,6,8,13H2. The van der Waals surface area contributed by atoms with Gasteiger partial charge in [0.2, 0.25) is 11.6 Å². The van der Waals surface area contributed by atoms with Crippen molar-refractivity contribution in [3.63, 3.8) is 0 Å². The van der Waals surface area contributed by atoms with E-state index in [4.69, 9.17) is 16.0 Å². The van der Waals surface area contributed by atoms with Gasteiger partial charge in [-0.3, -0.25) is 9.13 Å². The van der Waals surface area contributed by atoms with E-state index < -0.39 is 0 Å². The number of hydrogen-bond acceptors (Lipinski definition) is 4. The van der Waals surface area contributed by atoms with Crippen LogP contribution in [0.4, 0.5) is 5.82 Å². The van der Waals surface area contributed by atoms with E-state index in [0.717, 1.165) is 47.2 Å². The van der Waals surface area contributed by atoms with Gasteiger partial charge in [0.15, 0.2) is 6.73 Å². The molecular weight excluding hydrogens is 366 g/mol. The molecule has 7 heteroatoms. The number of aromatic nitrogens is 4. The van der Waals surface area contributed by atoms with Gasteiger partial charge in [0, 0.05) is 24.4 Å². The minimum absolute atomic E-state index is 0.465. The molecule has 0 aliphatic carbocycles. The summed E-state index contributed by atoms with van der Waals surface area (Å²) >= 11 is 0. The highest BCUT2D eigenvalue weighted by molar-refractivity contribution is 5.69. The predicted octanol–water partition coefficient (Wildman–Crippen LogP) is 4.66. The molecule has 0 N–H and O–H groups in total. The molecule has 4 heterocycles. The summed E-state index contributed by atoms with van der Waals surface area (Å²) in [4.78, 5) is 12.5. The van der Waals surface area contributed by atoms with Gasteiger partial charge in [-0.1, -0.05) is 12.6 Å². The quantitative estimate of drug-likeness (QED) is 0.474. The van der Waals surface area contributed by atoms with Crippen molar-refractivity contribution in [1.82, 2.24) is 19.1 Å². The topological polar surface area (TPSA) is 58.5 Å². The Hall–Kier alpha value is -4.05. The van der Waals surface area contributed by atoms with E-state index in [2.05, 4.69) is 20.9 Å². The molecule has 7 nitrogen and oxygen atoms in total. The number of rotatable bonds is 2. The van der Waals surface area contributed by atoms with Crippen LogP contribution >= 0.6 is 0 Å². The van der Waals surface area contributed by atoms with Crippen molar-refractivity contribution in [1.29, 1.82) is 0 Å². The van der Waals surface area contributed by atoms with Gasteiger partial charge in [-0.2, -0.15) is 0 Å². The Morgan fingerprint density at radius 3 is 2.79 bits per heavy atom. The van der Waals surface area contributed by atoms with E-state index in [9.17, 15) is 0 Å². The summed E-state index contributed by atoms with van der Waals surface area (Å²) in [6, 6.07) is 11.8. The molecule has 0 atom stereocenters. The van der Waals surface area contributed by atoms with Crippen LogP contribution < -0.4 is 9.47 Å². The van der Waals surface area contributed by atoms with Crippen LogP contribution in [0.1, 0.15) is 5.56 Å². The van der Waals surface area contributed by atoms with Gasteiger partial charge in [0.25, 0.3) is 0 Å². The predicted molar refractivity (Wildman–Crippen MR) is 106 cm³/mol. The normalized spacial score (nSPS) is 13.3. The molecule has 2 aliphatic rings. The van der Waals surface area contributed by atoms with Crippen LogP contribution in [0.25, 0.3) is 27.6 Å². The Morgan fingerprint density at radius 1 is 1.03 bits per heavy atom. The molecule has 4 aromatic rings. The average Bonchev–Trinajstić information content (AvgIpc) is 3.40. The molecule has 2 aromatic carbocycles. The fourth-order valence-electron chi connectivity index (χ4n) is 3.97. The SMILES string of the molecule is [C-]#[N+]c1cnc2n1CCc1ccc(Oc3ccc4c(c3)-c3nccn3CO4)cc1-2. The summed E-state index contributed by atoms with van der Waals surface area (Å²) in [5.41, 5.74) is 3.14. The van der Waals surface area contributed by atoms with Gasteiger partial charge in [0.05, 0.1) is 18.3 Å². The van der Waals surface area contributed by atoms with E-state index in [1.807, 2.05) is 45.7 Å². The number of ether oxygens (including phenoxy) is 2. The third-order valence-corrected chi connectivity index (χ3v) is 5.38. The summed E-state index contributed by atoms with van der Waals surface area (Å²) in [6.07, 6.45) is 6.18. The Kier molecular flexibility index (Phi) is 3.29. The number of hydrogen-bond donors (Lipinski definition) is 0. The highest BCUT2D eigenvalue weighted by atomic mass is 16.5. The summed E-state index contributed by atoms with van der Waals surface area (Å²) in [7, 11) is 0. The highest BCUT2D eigenvalue weighted by Gasteiger charge is 2.24. The molecule has 0 unspecified atom stereocenters. The van der Waals surface area contributed by atoms with Crippen LogP contribution in [0.3, 0.4) is 0 Å². The first-order valence-corrected chi connectivity index (χ1v) is 9.32. The molecule has 2 aliphatic heterocycles. The Labute approximate surface area is 166 Å². The maximum Gasteiger partial charge on any atom is 0.250 e. The number of nitrogens with zero attached hydrogens (tertiary/aromatic N) is 5. The fourth-order valence-corrected chi connectivity index (χ4v) is 3.97. The molecule has 0 saturated carbocycles. The first-order valence-electron chi connectivity index (χ1n) is 9.32. The molecule has 0 bridgehead atoms. The van der Waals surface area contributed by atoms with Gasteiger partial charge >= 0.3 is 0 Å². The number of aryl methyl sites for hydroxylation is 1. The fraction of sp³-hybridized carbons (Fsp3) is 0.136. The maximum absolute atomic E-state index is 7.31. The van der Waals surface area contributed by atoms with E-state index in [1.54, 1.807) is 12.4 Å². The summed E-state index contributed by atoms with van der Waals surface area (Å²) in [5.74, 6) is 4.51. The van der Waals surface area contributed by atoms with Crippen LogP contribution in [0, 0.1) is 6.57 Å². The van der Waals surface area contributed by atoms with Crippen molar-refractivity contribution in [2.24, 2.45) is 0 Å². The Balaban J connectivity index is 1.37. The van der Waals surface area contributed by atoms with Crippen molar-refractivity contribution in [2.45, 2.75) is 19.7 Å². The summed E-state index contributed by atoms with van der Waals surface area (Å²) in [6.45, 7) is 8.55. The Bertz CT molecular complexity index is 1310. The summed E-state index contributed by atoms with van der Waals surface area (Å²) < 4.78 is 15.9. The van der Waals surface area contributed by atoms with E-state index in [1.165, 1.54) is 5.56 Å². The van der Waals surface area contributed by atoms with Crippen molar-refractivity contribution in [3.8, 4) is 40.0 Å². The van der Waals surface area contributed by atoms with E-state index in [-0.39, 0.29) is 0 Å². The lowest BCUT2D eigenvalue weighted by atomic mass is 10.0. The van der Waals surface area contributed by atoms with Gasteiger partial charge < -0.3 is 14.3 Å². The monoisotopic (exact) mass is 381 g/mol. The minimum Gasteiger partial charge on any atom is -0.472 e. The zero-order chi connectivity index (χ0) is 19.4. The molecule has 29 heavy (non-hydrogen) atoms. The molecule has 140 valence electrons. The van der Waals surface area contributed by atoms with Crippen LogP contribution in [-0.4, -0.2) is 19.1 Å². The molecule has 0 fully saturated rings. The van der Waals surface area contributed by atoms with Crippen molar-refractivity contribution in [3.05, 3.63) is 72.0 Å². The minimum atomic E-state index is 0.465. The lowest BCUT2D eigenvalue weighted by Gasteiger charge is -2.20. The van der Waals surface area contributed by atoms with E-state index in [0.29, 0.717) is 18.3 Å². The van der Waals surface area contributed by atoms with Crippen LogP contribution in [0.2, 0.25) is 0 Å². The van der Waals surface area contributed by atoms with Crippen molar-refractivity contribution >= 4 is 5.82 Å². The molecule has 6 rings (SSSR count). The maximum atomic E-state index is 7.31. The average molecular weight is 381 g/mol. The lowest BCUT2D eigenvalue weighted by Crippen LogP contribution is -2.12. The molecular formula is C22H15N5O2. The zero-order valence-corrected chi connectivity index (χ0v) is 15.4. The smallest absolute Gasteiger partial charge is 0.250 e. The first-order chi connectivity index (χ1) is 14.3. The van der Waals surface area contributed by atoms with E-state index >= 15 is 0 Å². The third kappa shape index (κ3) is 2.43. The number of fused-ring (bicyclic) bond motifs is 6. The first kappa shape index (κ1) is 16.0. The number of benzene rings is 2. The molecule has 2 aromatic heterocycles. The second kappa shape index (κ2) is 5.97. The second-order valence-electron chi connectivity index (χ2n) is 7.03. The van der Waals surface area contributed by atoms with Gasteiger partial charge in [-0.15, -0.1) is 0 Å². The second-order valence-corrected chi connectivity index (χ2v) is 7.03. The van der Waals surface area contributed by atoms with Gasteiger partial charge in [-0.05, 0) is 35.9 Å². The van der Waals surface area contributed by atoms with Gasteiger partial charge in [0.1, 0.15) is 23.1 Å². The summed E-state index contributed by atoms with van der Waals surface area (Å²) in [5, 5.41) is 0.